The van der Waals surface area contributed by atoms with Crippen LogP contribution in [0.1, 0.15) is 50.2 Å². The van der Waals surface area contributed by atoms with Gasteiger partial charge in [-0.2, -0.15) is 0 Å². The van der Waals surface area contributed by atoms with Gasteiger partial charge in [0.15, 0.2) is 0 Å². The molecule has 0 saturated carbocycles. The fraction of sp³-hybridized carbons (Fsp3) is 0.423. The van der Waals surface area contributed by atoms with Crippen molar-refractivity contribution < 1.29 is 24.2 Å². The minimum Gasteiger partial charge on any atom is -0.480 e. The molecule has 2 aromatic rings. The Hall–Kier alpha value is -3.35. The van der Waals surface area contributed by atoms with Crippen molar-refractivity contribution in [1.29, 1.82) is 0 Å². The summed E-state index contributed by atoms with van der Waals surface area (Å²) in [5, 5.41) is 12.2. The minimum atomic E-state index is -1.01. The molecule has 1 heterocycles. The van der Waals surface area contributed by atoms with Crippen LogP contribution in [0.5, 0.6) is 0 Å². The molecule has 1 aliphatic carbocycles. The van der Waals surface area contributed by atoms with Gasteiger partial charge in [-0.15, -0.1) is 0 Å². The number of nitrogens with zero attached hydrogens (tertiary/aromatic N) is 1. The van der Waals surface area contributed by atoms with Crippen molar-refractivity contribution in [3.05, 3.63) is 59.7 Å². The maximum absolute atomic E-state index is 13.1. The van der Waals surface area contributed by atoms with E-state index in [0.29, 0.717) is 19.4 Å². The van der Waals surface area contributed by atoms with Crippen LogP contribution in [-0.2, 0) is 14.3 Å². The number of carbonyl (C=O) groups is 3. The van der Waals surface area contributed by atoms with Crippen LogP contribution >= 0.6 is 0 Å². The van der Waals surface area contributed by atoms with Crippen LogP contribution in [0.2, 0.25) is 0 Å². The van der Waals surface area contributed by atoms with Crippen molar-refractivity contribution in [2.24, 2.45) is 5.92 Å². The number of carboxylic acid groups (broad SMARTS) is 1. The lowest BCUT2D eigenvalue weighted by Gasteiger charge is -2.38. The Labute approximate surface area is 193 Å². The number of amides is 2. The number of carboxylic acids is 1. The van der Waals surface area contributed by atoms with E-state index in [0.717, 1.165) is 28.7 Å². The number of benzene rings is 2. The van der Waals surface area contributed by atoms with E-state index in [1.807, 2.05) is 43.3 Å². The molecule has 1 aliphatic heterocycles. The Bertz CT molecular complexity index is 1010. The number of ether oxygens (including phenoxy) is 1. The monoisotopic (exact) mass is 450 g/mol. The molecule has 4 rings (SSSR count). The molecule has 3 atom stereocenters. The van der Waals surface area contributed by atoms with Gasteiger partial charge < -0.3 is 20.1 Å². The normalized spacial score (nSPS) is 20.5. The third-order valence-corrected chi connectivity index (χ3v) is 6.73. The topological polar surface area (TPSA) is 95.9 Å². The summed E-state index contributed by atoms with van der Waals surface area (Å²) in [6, 6.07) is 14.5. The van der Waals surface area contributed by atoms with Crippen molar-refractivity contribution in [2.45, 2.75) is 51.1 Å². The molecule has 2 N–H and O–H groups in total. The average Bonchev–Trinajstić information content (AvgIpc) is 3.14. The first-order valence-electron chi connectivity index (χ1n) is 11.6. The molecule has 2 unspecified atom stereocenters. The van der Waals surface area contributed by atoms with Crippen LogP contribution in [0.3, 0.4) is 0 Å². The van der Waals surface area contributed by atoms with Gasteiger partial charge in [0.2, 0.25) is 5.91 Å². The molecule has 2 aliphatic rings. The number of nitrogens with one attached hydrogen (secondary N) is 1. The highest BCUT2D eigenvalue weighted by atomic mass is 16.5. The summed E-state index contributed by atoms with van der Waals surface area (Å²) >= 11 is 0. The lowest BCUT2D eigenvalue weighted by Crippen LogP contribution is -2.56. The Balaban J connectivity index is 1.42. The van der Waals surface area contributed by atoms with Gasteiger partial charge in [0.05, 0.1) is 0 Å². The van der Waals surface area contributed by atoms with Gasteiger partial charge >= 0.3 is 12.1 Å². The maximum Gasteiger partial charge on any atom is 0.407 e. The lowest BCUT2D eigenvalue weighted by molar-refractivity contribution is -0.154. The van der Waals surface area contributed by atoms with Crippen molar-refractivity contribution in [3.63, 3.8) is 0 Å². The third kappa shape index (κ3) is 4.58. The summed E-state index contributed by atoms with van der Waals surface area (Å²) in [5.41, 5.74) is 4.51. The van der Waals surface area contributed by atoms with Crippen LogP contribution in [0, 0.1) is 5.92 Å². The fourth-order valence-electron chi connectivity index (χ4n) is 4.97. The number of likely N-dealkylation sites (tertiary alicyclic amines) is 1. The first-order chi connectivity index (χ1) is 15.9. The number of fused-ring (bicyclic) bond motifs is 3. The van der Waals surface area contributed by atoms with Crippen LogP contribution in [0.4, 0.5) is 4.79 Å². The summed E-state index contributed by atoms with van der Waals surface area (Å²) in [5.74, 6) is -1.23. The molecule has 0 aromatic heterocycles. The maximum atomic E-state index is 13.1. The number of hydrogen-bond donors (Lipinski definition) is 2. The predicted molar refractivity (Wildman–Crippen MR) is 124 cm³/mol. The predicted octanol–water partition coefficient (Wildman–Crippen LogP) is 4.02. The molecule has 7 heteroatoms. The molecule has 0 bridgehead atoms. The second-order valence-corrected chi connectivity index (χ2v) is 8.96. The van der Waals surface area contributed by atoms with Crippen molar-refractivity contribution in [1.82, 2.24) is 10.2 Å². The highest BCUT2D eigenvalue weighted by Crippen LogP contribution is 2.44. The molecular weight excluding hydrogens is 420 g/mol. The van der Waals surface area contributed by atoms with E-state index in [1.54, 1.807) is 6.92 Å². The zero-order valence-corrected chi connectivity index (χ0v) is 19.0. The molecule has 1 saturated heterocycles. The van der Waals surface area contributed by atoms with E-state index < -0.39 is 24.1 Å². The smallest absolute Gasteiger partial charge is 0.407 e. The molecule has 0 spiro atoms. The van der Waals surface area contributed by atoms with Crippen molar-refractivity contribution in [2.75, 3.05) is 13.2 Å². The molecule has 1 fully saturated rings. The number of hydrogen-bond acceptors (Lipinski definition) is 4. The van der Waals surface area contributed by atoms with E-state index in [9.17, 15) is 19.5 Å². The van der Waals surface area contributed by atoms with Gasteiger partial charge in [0.1, 0.15) is 18.7 Å². The Kier molecular flexibility index (Phi) is 6.67. The number of aliphatic carboxylic acids is 1. The quantitative estimate of drug-likeness (QED) is 0.693. The second kappa shape index (κ2) is 9.65. The van der Waals surface area contributed by atoms with Gasteiger partial charge in [-0.25, -0.2) is 9.59 Å². The number of alkyl carbamates (subject to hydrolysis) is 1. The van der Waals surface area contributed by atoms with Crippen molar-refractivity contribution >= 4 is 18.0 Å². The van der Waals surface area contributed by atoms with Gasteiger partial charge in [0, 0.05) is 12.5 Å². The summed E-state index contributed by atoms with van der Waals surface area (Å²) < 4.78 is 5.57. The van der Waals surface area contributed by atoms with E-state index in [-0.39, 0.29) is 24.3 Å². The van der Waals surface area contributed by atoms with Crippen LogP contribution < -0.4 is 5.32 Å². The Morgan fingerprint density at radius 3 is 2.24 bits per heavy atom. The van der Waals surface area contributed by atoms with Gasteiger partial charge in [0.25, 0.3) is 0 Å². The first kappa shape index (κ1) is 22.8. The third-order valence-electron chi connectivity index (χ3n) is 6.73. The summed E-state index contributed by atoms with van der Waals surface area (Å²) in [7, 11) is 0. The standard InChI is InChI=1S/C26H30N2O5/c1-3-22(24(29)28-14-16(2)12-13-23(28)25(30)31)27-26(32)33-15-21-19-10-6-4-8-17(19)18-9-5-7-11-20(18)21/h4-11,16,21-23H,3,12-15H2,1-2H3,(H,27,32)(H,30,31)/t16?,22-,23?/m1/s1. The largest absolute Gasteiger partial charge is 0.480 e. The van der Waals surface area contributed by atoms with Crippen LogP contribution in [0.15, 0.2) is 48.5 Å². The zero-order chi connectivity index (χ0) is 23.5. The second-order valence-electron chi connectivity index (χ2n) is 8.96. The Morgan fingerprint density at radius 1 is 1.06 bits per heavy atom. The molecule has 7 nitrogen and oxygen atoms in total. The van der Waals surface area contributed by atoms with E-state index >= 15 is 0 Å². The fourth-order valence-corrected chi connectivity index (χ4v) is 4.97. The molecule has 2 amide bonds. The average molecular weight is 451 g/mol. The number of rotatable bonds is 6. The van der Waals surface area contributed by atoms with E-state index in [1.165, 1.54) is 4.90 Å². The molecule has 174 valence electrons. The molecular formula is C26H30N2O5. The van der Waals surface area contributed by atoms with E-state index in [4.69, 9.17) is 4.74 Å². The zero-order valence-electron chi connectivity index (χ0n) is 19.0. The highest BCUT2D eigenvalue weighted by molar-refractivity contribution is 5.89. The van der Waals surface area contributed by atoms with Gasteiger partial charge in [-0.3, -0.25) is 4.79 Å². The Morgan fingerprint density at radius 2 is 1.67 bits per heavy atom. The summed E-state index contributed by atoms with van der Waals surface area (Å²) in [6.07, 6.45) is 0.857. The number of piperidine rings is 1. The summed E-state index contributed by atoms with van der Waals surface area (Å²) in [4.78, 5) is 38.8. The molecule has 0 radical (unpaired) electrons. The van der Waals surface area contributed by atoms with Crippen molar-refractivity contribution in [3.8, 4) is 11.1 Å². The summed E-state index contributed by atoms with van der Waals surface area (Å²) in [6.45, 7) is 4.31. The molecule has 33 heavy (non-hydrogen) atoms. The van der Waals surface area contributed by atoms with Crippen LogP contribution in [0.25, 0.3) is 11.1 Å². The highest BCUT2D eigenvalue weighted by Gasteiger charge is 2.38. The van der Waals surface area contributed by atoms with Gasteiger partial charge in [-0.1, -0.05) is 62.4 Å². The lowest BCUT2D eigenvalue weighted by atomic mass is 9.93. The minimum absolute atomic E-state index is 0.0711. The van der Waals surface area contributed by atoms with Gasteiger partial charge in [-0.05, 0) is 47.4 Å². The number of carbonyl (C=O) groups excluding carboxylic acids is 2. The van der Waals surface area contributed by atoms with E-state index in [2.05, 4.69) is 17.4 Å². The first-order valence-corrected chi connectivity index (χ1v) is 11.6. The van der Waals surface area contributed by atoms with Crippen LogP contribution in [-0.4, -0.2) is 53.2 Å². The SMILES string of the molecule is CC[C@@H](NC(=O)OCC1c2ccccc2-c2ccccc21)C(=O)N1CC(C)CCC1C(=O)O. The molecule has 2 aromatic carbocycles.